The highest BCUT2D eigenvalue weighted by Crippen LogP contribution is 2.46. The van der Waals surface area contributed by atoms with E-state index < -0.39 is 0 Å². The zero-order valence-corrected chi connectivity index (χ0v) is 15.1. The zero-order chi connectivity index (χ0) is 16.7. The molecule has 1 aliphatic heterocycles. The SMILES string of the molecule is Cc1nn(-c2ccccc2)c(C)c1[C@@H]1SCC(=O)Nc2ccsc21. The van der Waals surface area contributed by atoms with Gasteiger partial charge in [-0.2, -0.15) is 5.10 Å². The van der Waals surface area contributed by atoms with Gasteiger partial charge in [-0.1, -0.05) is 18.2 Å². The average molecular weight is 355 g/mol. The van der Waals surface area contributed by atoms with Gasteiger partial charge in [-0.05, 0) is 37.4 Å². The summed E-state index contributed by atoms with van der Waals surface area (Å²) in [4.78, 5) is 13.2. The molecule has 3 heterocycles. The second kappa shape index (κ2) is 6.11. The fourth-order valence-corrected chi connectivity index (χ4v) is 5.50. The molecule has 0 saturated heterocycles. The van der Waals surface area contributed by atoms with Gasteiger partial charge in [0.1, 0.15) is 0 Å². The molecular weight excluding hydrogens is 338 g/mol. The van der Waals surface area contributed by atoms with Crippen LogP contribution in [0, 0.1) is 13.8 Å². The highest BCUT2D eigenvalue weighted by molar-refractivity contribution is 8.00. The second-order valence-electron chi connectivity index (χ2n) is 5.77. The molecule has 122 valence electrons. The third-order valence-electron chi connectivity index (χ3n) is 4.20. The van der Waals surface area contributed by atoms with E-state index in [-0.39, 0.29) is 11.2 Å². The topological polar surface area (TPSA) is 46.9 Å². The second-order valence-corrected chi connectivity index (χ2v) is 7.81. The fraction of sp³-hybridized carbons (Fsp3) is 0.222. The van der Waals surface area contributed by atoms with E-state index in [1.165, 1.54) is 10.4 Å². The third kappa shape index (κ3) is 2.56. The van der Waals surface area contributed by atoms with Crippen LogP contribution in [0.25, 0.3) is 5.69 Å². The number of amides is 1. The summed E-state index contributed by atoms with van der Waals surface area (Å²) in [5.41, 5.74) is 5.35. The number of nitrogens with zero attached hydrogens (tertiary/aromatic N) is 2. The van der Waals surface area contributed by atoms with Gasteiger partial charge in [0.2, 0.25) is 5.91 Å². The van der Waals surface area contributed by atoms with Gasteiger partial charge in [-0.3, -0.25) is 4.79 Å². The zero-order valence-electron chi connectivity index (χ0n) is 13.4. The minimum Gasteiger partial charge on any atom is -0.324 e. The van der Waals surface area contributed by atoms with Crippen molar-refractivity contribution in [3.63, 3.8) is 0 Å². The largest absolute Gasteiger partial charge is 0.324 e. The lowest BCUT2D eigenvalue weighted by Gasteiger charge is -2.15. The molecule has 2 aromatic heterocycles. The molecule has 1 aromatic carbocycles. The molecule has 3 aromatic rings. The van der Waals surface area contributed by atoms with Gasteiger partial charge >= 0.3 is 0 Å². The standard InChI is InChI=1S/C18H17N3OS2/c1-11-16(12(2)21(20-11)13-6-4-3-5-7-13)18-17-14(8-9-23-17)19-15(22)10-24-18/h3-9,18H,10H2,1-2H3,(H,19,22)/t18-/m0/s1. The first-order chi connectivity index (χ1) is 11.6. The Kier molecular flexibility index (Phi) is 3.94. The predicted octanol–water partition coefficient (Wildman–Crippen LogP) is 4.33. The van der Waals surface area contributed by atoms with Crippen molar-refractivity contribution < 1.29 is 4.79 Å². The molecule has 0 saturated carbocycles. The minimum absolute atomic E-state index is 0.0629. The third-order valence-corrected chi connectivity index (χ3v) is 6.56. The van der Waals surface area contributed by atoms with Crippen molar-refractivity contribution in [1.82, 2.24) is 9.78 Å². The maximum Gasteiger partial charge on any atom is 0.234 e. The van der Waals surface area contributed by atoms with Gasteiger partial charge in [0, 0.05) is 16.1 Å². The number of carbonyl (C=O) groups is 1. The van der Waals surface area contributed by atoms with Crippen LogP contribution >= 0.6 is 23.1 Å². The summed E-state index contributed by atoms with van der Waals surface area (Å²) in [6.07, 6.45) is 0. The van der Waals surface area contributed by atoms with Crippen LogP contribution in [0.5, 0.6) is 0 Å². The molecule has 0 spiro atoms. The molecule has 1 N–H and O–H groups in total. The van der Waals surface area contributed by atoms with Crippen LogP contribution in [-0.2, 0) is 4.79 Å². The van der Waals surface area contributed by atoms with Gasteiger partial charge in [0.25, 0.3) is 0 Å². The number of aromatic nitrogens is 2. The Morgan fingerprint density at radius 2 is 2.00 bits per heavy atom. The summed E-state index contributed by atoms with van der Waals surface area (Å²) in [5.74, 6) is 0.523. The van der Waals surface area contributed by atoms with Crippen molar-refractivity contribution >= 4 is 34.7 Å². The highest BCUT2D eigenvalue weighted by Gasteiger charge is 2.30. The molecule has 1 amide bonds. The maximum absolute atomic E-state index is 12.0. The van der Waals surface area contributed by atoms with Crippen LogP contribution in [0.15, 0.2) is 41.8 Å². The molecule has 4 rings (SSSR count). The molecule has 4 nitrogen and oxygen atoms in total. The molecule has 0 radical (unpaired) electrons. The van der Waals surface area contributed by atoms with Gasteiger partial charge in [-0.25, -0.2) is 4.68 Å². The first-order valence-corrected chi connectivity index (χ1v) is 9.68. The number of thioether (sulfide) groups is 1. The Balaban J connectivity index is 1.84. The van der Waals surface area contributed by atoms with Crippen LogP contribution < -0.4 is 5.32 Å². The van der Waals surface area contributed by atoms with E-state index in [1.807, 2.05) is 34.3 Å². The molecule has 6 heteroatoms. The molecule has 1 atom stereocenters. The summed E-state index contributed by atoms with van der Waals surface area (Å²) in [7, 11) is 0. The van der Waals surface area contributed by atoms with E-state index in [1.54, 1.807) is 23.1 Å². The number of hydrogen-bond donors (Lipinski definition) is 1. The average Bonchev–Trinajstić information content (AvgIpc) is 3.11. The number of rotatable bonds is 2. The predicted molar refractivity (Wildman–Crippen MR) is 100 cm³/mol. The Hall–Kier alpha value is -2.05. The van der Waals surface area contributed by atoms with E-state index >= 15 is 0 Å². The number of anilines is 1. The van der Waals surface area contributed by atoms with Crippen molar-refractivity contribution in [1.29, 1.82) is 0 Å². The van der Waals surface area contributed by atoms with Gasteiger partial charge in [0.05, 0.1) is 28.1 Å². The Labute approximate surface area is 148 Å². The molecule has 0 aliphatic carbocycles. The number of fused-ring (bicyclic) bond motifs is 1. The molecule has 1 aliphatic rings. The van der Waals surface area contributed by atoms with E-state index in [9.17, 15) is 4.79 Å². The van der Waals surface area contributed by atoms with E-state index in [2.05, 4.69) is 31.3 Å². The van der Waals surface area contributed by atoms with E-state index in [0.717, 1.165) is 22.8 Å². The first-order valence-electron chi connectivity index (χ1n) is 7.75. The molecular formula is C18H17N3OS2. The number of thiophene rings is 1. The Morgan fingerprint density at radius 3 is 2.79 bits per heavy atom. The fourth-order valence-electron chi connectivity index (χ4n) is 3.12. The van der Waals surface area contributed by atoms with E-state index in [4.69, 9.17) is 5.10 Å². The normalized spacial score (nSPS) is 17.2. The number of hydrogen-bond acceptors (Lipinski definition) is 4. The minimum atomic E-state index is 0.0629. The van der Waals surface area contributed by atoms with Crippen molar-refractivity contribution in [3.05, 3.63) is 63.6 Å². The number of aryl methyl sites for hydroxylation is 1. The number of benzene rings is 1. The number of carbonyl (C=O) groups excluding carboxylic acids is 1. The lowest BCUT2D eigenvalue weighted by atomic mass is 10.1. The quantitative estimate of drug-likeness (QED) is 0.744. The van der Waals surface area contributed by atoms with Crippen molar-refractivity contribution in [2.24, 2.45) is 0 Å². The Bertz CT molecular complexity index is 898. The van der Waals surface area contributed by atoms with Gasteiger partial charge in [0.15, 0.2) is 0 Å². The van der Waals surface area contributed by atoms with Crippen LogP contribution in [0.4, 0.5) is 5.69 Å². The molecule has 24 heavy (non-hydrogen) atoms. The maximum atomic E-state index is 12.0. The summed E-state index contributed by atoms with van der Waals surface area (Å²) < 4.78 is 2.00. The van der Waals surface area contributed by atoms with Crippen molar-refractivity contribution in [2.75, 3.05) is 11.1 Å². The van der Waals surface area contributed by atoms with Crippen LogP contribution in [0.2, 0.25) is 0 Å². The lowest BCUT2D eigenvalue weighted by molar-refractivity contribution is -0.113. The molecule has 0 fully saturated rings. The van der Waals surface area contributed by atoms with Gasteiger partial charge < -0.3 is 5.32 Å². The van der Waals surface area contributed by atoms with Crippen LogP contribution in [-0.4, -0.2) is 21.4 Å². The summed E-state index contributed by atoms with van der Waals surface area (Å²) in [5, 5.41) is 9.94. The first kappa shape index (κ1) is 15.5. The lowest BCUT2D eigenvalue weighted by Crippen LogP contribution is -2.11. The monoisotopic (exact) mass is 355 g/mol. The smallest absolute Gasteiger partial charge is 0.234 e. The van der Waals surface area contributed by atoms with Crippen LogP contribution in [0.1, 0.15) is 27.1 Å². The highest BCUT2D eigenvalue weighted by atomic mass is 32.2. The Morgan fingerprint density at radius 1 is 1.21 bits per heavy atom. The number of para-hydroxylation sites is 1. The summed E-state index contributed by atoms with van der Waals surface area (Å²) in [6.45, 7) is 4.16. The van der Waals surface area contributed by atoms with Crippen molar-refractivity contribution in [3.8, 4) is 5.69 Å². The van der Waals surface area contributed by atoms with Crippen LogP contribution in [0.3, 0.4) is 0 Å². The summed E-state index contributed by atoms with van der Waals surface area (Å²) in [6, 6.07) is 12.2. The summed E-state index contributed by atoms with van der Waals surface area (Å²) >= 11 is 3.37. The van der Waals surface area contributed by atoms with Crippen molar-refractivity contribution in [2.45, 2.75) is 19.1 Å². The molecule has 0 bridgehead atoms. The van der Waals surface area contributed by atoms with E-state index in [0.29, 0.717) is 5.75 Å². The number of nitrogens with one attached hydrogen (secondary N) is 1. The molecule has 0 unspecified atom stereocenters. The van der Waals surface area contributed by atoms with Gasteiger partial charge in [-0.15, -0.1) is 23.1 Å².